The Kier molecular flexibility index (Phi) is 6.14. The zero-order valence-electron chi connectivity index (χ0n) is 10.6. The number of halogens is 1. The lowest BCUT2D eigenvalue weighted by Gasteiger charge is -2.13. The maximum absolute atomic E-state index is 11.3. The van der Waals surface area contributed by atoms with Gasteiger partial charge in [-0.2, -0.15) is 0 Å². The van der Waals surface area contributed by atoms with Crippen LogP contribution >= 0.6 is 15.9 Å². The van der Waals surface area contributed by atoms with Gasteiger partial charge in [0.05, 0.1) is 19.9 Å². The zero-order chi connectivity index (χ0) is 14.3. The molecule has 0 aliphatic rings. The van der Waals surface area contributed by atoms with E-state index >= 15 is 0 Å². The highest BCUT2D eigenvalue weighted by Gasteiger charge is 2.14. The summed E-state index contributed by atoms with van der Waals surface area (Å²) < 4.78 is 16.0. The third-order valence-corrected chi connectivity index (χ3v) is 2.56. The molecule has 104 valence electrons. The van der Waals surface area contributed by atoms with Gasteiger partial charge in [0.1, 0.15) is 0 Å². The molecule has 0 radical (unpaired) electrons. The standard InChI is InChI=1S/C12H14BrNO5/c1-3-18-11(15)7-19-12-8(6-14-16)4-9(13)5-10(12)17-2/h4-6,16H,3,7H2,1-2H3/b14-6-. The van der Waals surface area contributed by atoms with Gasteiger partial charge in [0.2, 0.25) is 0 Å². The van der Waals surface area contributed by atoms with Gasteiger partial charge >= 0.3 is 5.97 Å². The third kappa shape index (κ3) is 4.44. The molecule has 0 aromatic heterocycles. The van der Waals surface area contributed by atoms with Crippen LogP contribution < -0.4 is 9.47 Å². The summed E-state index contributed by atoms with van der Waals surface area (Å²) in [5.41, 5.74) is 0.470. The smallest absolute Gasteiger partial charge is 0.344 e. The summed E-state index contributed by atoms with van der Waals surface area (Å²) in [5, 5.41) is 11.6. The van der Waals surface area contributed by atoms with E-state index in [1.807, 2.05) is 0 Å². The molecule has 1 aromatic rings. The van der Waals surface area contributed by atoms with Crippen LogP contribution in [0.15, 0.2) is 21.8 Å². The van der Waals surface area contributed by atoms with Crippen LogP contribution in [-0.2, 0) is 9.53 Å². The molecule has 7 heteroatoms. The molecule has 1 N–H and O–H groups in total. The van der Waals surface area contributed by atoms with Crippen LogP contribution in [0, 0.1) is 0 Å². The van der Waals surface area contributed by atoms with Crippen molar-refractivity contribution in [1.82, 2.24) is 0 Å². The number of oxime groups is 1. The minimum absolute atomic E-state index is 0.252. The van der Waals surface area contributed by atoms with E-state index in [0.717, 1.165) is 4.47 Å². The largest absolute Gasteiger partial charge is 0.493 e. The van der Waals surface area contributed by atoms with Crippen molar-refractivity contribution in [2.24, 2.45) is 5.16 Å². The molecule has 0 saturated heterocycles. The second-order valence-corrected chi connectivity index (χ2v) is 4.28. The Hall–Kier alpha value is -1.76. The lowest BCUT2D eigenvalue weighted by molar-refractivity contribution is -0.145. The summed E-state index contributed by atoms with van der Waals surface area (Å²) in [6.45, 7) is 1.74. The van der Waals surface area contributed by atoms with Crippen LogP contribution in [0.25, 0.3) is 0 Å². The molecule has 0 bridgehead atoms. The number of ether oxygens (including phenoxy) is 3. The van der Waals surface area contributed by atoms with Crippen molar-refractivity contribution in [3.63, 3.8) is 0 Å². The van der Waals surface area contributed by atoms with Crippen molar-refractivity contribution in [3.05, 3.63) is 22.2 Å². The molecular formula is C12H14BrNO5. The average molecular weight is 332 g/mol. The van der Waals surface area contributed by atoms with Crippen molar-refractivity contribution in [2.75, 3.05) is 20.3 Å². The fourth-order valence-electron chi connectivity index (χ4n) is 1.39. The summed E-state index contributed by atoms with van der Waals surface area (Å²) in [4.78, 5) is 11.3. The van der Waals surface area contributed by atoms with Crippen molar-refractivity contribution >= 4 is 28.1 Å². The van der Waals surface area contributed by atoms with Crippen LogP contribution in [0.4, 0.5) is 0 Å². The first-order chi connectivity index (χ1) is 9.12. The summed E-state index contributed by atoms with van der Waals surface area (Å²) in [6.07, 6.45) is 1.19. The maximum Gasteiger partial charge on any atom is 0.344 e. The van der Waals surface area contributed by atoms with Gasteiger partial charge in [-0.25, -0.2) is 4.79 Å². The number of methoxy groups -OCH3 is 1. The predicted octanol–water partition coefficient (Wildman–Crippen LogP) is 2.21. The van der Waals surface area contributed by atoms with Crippen LogP contribution in [0.5, 0.6) is 11.5 Å². The second-order valence-electron chi connectivity index (χ2n) is 3.36. The van der Waals surface area contributed by atoms with Crippen molar-refractivity contribution in [3.8, 4) is 11.5 Å². The van der Waals surface area contributed by atoms with Gasteiger partial charge in [-0.05, 0) is 19.1 Å². The highest BCUT2D eigenvalue weighted by atomic mass is 79.9. The molecule has 0 amide bonds. The van der Waals surface area contributed by atoms with E-state index in [4.69, 9.17) is 19.4 Å². The first-order valence-electron chi connectivity index (χ1n) is 5.45. The molecule has 0 aliphatic heterocycles. The minimum atomic E-state index is -0.487. The molecule has 0 saturated carbocycles. The lowest BCUT2D eigenvalue weighted by Crippen LogP contribution is -2.15. The average Bonchev–Trinajstić information content (AvgIpc) is 2.37. The molecule has 6 nitrogen and oxygen atoms in total. The van der Waals surface area contributed by atoms with Crippen LogP contribution in [0.1, 0.15) is 12.5 Å². The predicted molar refractivity (Wildman–Crippen MR) is 72.2 cm³/mol. The summed E-state index contributed by atoms with van der Waals surface area (Å²) in [7, 11) is 1.47. The Bertz CT molecular complexity index is 475. The van der Waals surface area contributed by atoms with E-state index in [1.54, 1.807) is 19.1 Å². The monoisotopic (exact) mass is 331 g/mol. The number of carbonyl (C=O) groups excluding carboxylic acids is 1. The number of hydrogen-bond acceptors (Lipinski definition) is 6. The van der Waals surface area contributed by atoms with E-state index in [2.05, 4.69) is 21.1 Å². The Morgan fingerprint density at radius 3 is 2.84 bits per heavy atom. The topological polar surface area (TPSA) is 77.4 Å². The van der Waals surface area contributed by atoms with Gasteiger partial charge in [-0.3, -0.25) is 0 Å². The van der Waals surface area contributed by atoms with Crippen LogP contribution in [-0.4, -0.2) is 37.7 Å². The van der Waals surface area contributed by atoms with E-state index < -0.39 is 5.97 Å². The first-order valence-corrected chi connectivity index (χ1v) is 6.25. The summed E-state index contributed by atoms with van der Waals surface area (Å²) in [6, 6.07) is 3.35. The SMILES string of the molecule is CCOC(=O)COc1c(/C=N\O)cc(Br)cc1OC. The lowest BCUT2D eigenvalue weighted by atomic mass is 10.2. The molecule has 0 spiro atoms. The molecule has 1 aromatic carbocycles. The molecule has 0 unspecified atom stereocenters. The first kappa shape index (κ1) is 15.3. The fourth-order valence-corrected chi connectivity index (χ4v) is 1.84. The Morgan fingerprint density at radius 2 is 2.26 bits per heavy atom. The van der Waals surface area contributed by atoms with E-state index in [-0.39, 0.29) is 13.2 Å². The molecule has 1 rings (SSSR count). The molecule has 0 atom stereocenters. The molecule has 0 heterocycles. The number of nitrogens with zero attached hydrogens (tertiary/aromatic N) is 1. The molecular weight excluding hydrogens is 318 g/mol. The highest BCUT2D eigenvalue weighted by Crippen LogP contribution is 2.34. The number of hydrogen-bond donors (Lipinski definition) is 1. The maximum atomic E-state index is 11.3. The second kappa shape index (κ2) is 7.63. The van der Waals surface area contributed by atoms with Crippen LogP contribution in [0.2, 0.25) is 0 Å². The number of carbonyl (C=O) groups is 1. The minimum Gasteiger partial charge on any atom is -0.493 e. The van der Waals surface area contributed by atoms with Crippen molar-refractivity contribution in [1.29, 1.82) is 0 Å². The molecule has 19 heavy (non-hydrogen) atoms. The molecule has 0 fully saturated rings. The van der Waals surface area contributed by atoms with Gasteiger partial charge in [-0.15, -0.1) is 0 Å². The number of benzene rings is 1. The van der Waals surface area contributed by atoms with Crippen molar-refractivity contribution in [2.45, 2.75) is 6.92 Å². The van der Waals surface area contributed by atoms with E-state index in [0.29, 0.717) is 17.1 Å². The van der Waals surface area contributed by atoms with Gasteiger partial charge in [-0.1, -0.05) is 21.1 Å². The van der Waals surface area contributed by atoms with Gasteiger partial charge in [0.25, 0.3) is 0 Å². The third-order valence-electron chi connectivity index (χ3n) is 2.10. The number of esters is 1. The Morgan fingerprint density at radius 1 is 1.53 bits per heavy atom. The quantitative estimate of drug-likeness (QED) is 0.374. The van der Waals surface area contributed by atoms with Crippen molar-refractivity contribution < 1.29 is 24.2 Å². The zero-order valence-corrected chi connectivity index (χ0v) is 12.1. The highest BCUT2D eigenvalue weighted by molar-refractivity contribution is 9.10. The Balaban J connectivity index is 2.99. The Labute approximate surface area is 119 Å². The van der Waals surface area contributed by atoms with Gasteiger partial charge in [0, 0.05) is 10.0 Å². The van der Waals surface area contributed by atoms with Crippen LogP contribution in [0.3, 0.4) is 0 Å². The van der Waals surface area contributed by atoms with E-state index in [1.165, 1.54) is 13.3 Å². The fraction of sp³-hybridized carbons (Fsp3) is 0.333. The van der Waals surface area contributed by atoms with Gasteiger partial charge in [0.15, 0.2) is 18.1 Å². The normalized spacial score (nSPS) is 10.5. The van der Waals surface area contributed by atoms with Gasteiger partial charge < -0.3 is 19.4 Å². The number of rotatable bonds is 6. The molecule has 0 aliphatic carbocycles. The van der Waals surface area contributed by atoms with E-state index in [9.17, 15) is 4.79 Å². The summed E-state index contributed by atoms with van der Waals surface area (Å²) in [5.74, 6) is 0.226. The summed E-state index contributed by atoms with van der Waals surface area (Å²) >= 11 is 3.29.